The summed E-state index contributed by atoms with van der Waals surface area (Å²) in [5.74, 6) is 0.0929. The highest BCUT2D eigenvalue weighted by Crippen LogP contribution is 2.31. The summed E-state index contributed by atoms with van der Waals surface area (Å²) in [5.41, 5.74) is 3.77. The minimum Gasteiger partial charge on any atom is -0.336 e. The van der Waals surface area contributed by atoms with E-state index in [1.54, 1.807) is 12.3 Å². The zero-order valence-corrected chi connectivity index (χ0v) is 17.0. The molecule has 2 aromatic heterocycles. The molecule has 132 valence electrons. The topological polar surface area (TPSA) is 72.2 Å². The van der Waals surface area contributed by atoms with Gasteiger partial charge in [-0.3, -0.25) is 0 Å². The van der Waals surface area contributed by atoms with Gasteiger partial charge in [0.25, 0.3) is 15.9 Å². The van der Waals surface area contributed by atoms with E-state index in [0.29, 0.717) is 20.8 Å². The lowest BCUT2D eigenvalue weighted by Crippen LogP contribution is -2.13. The van der Waals surface area contributed by atoms with E-state index in [1.165, 1.54) is 22.5 Å². The molecule has 0 amide bonds. The predicted octanol–water partition coefficient (Wildman–Crippen LogP) is 4.70. The second-order valence-electron chi connectivity index (χ2n) is 5.74. The van der Waals surface area contributed by atoms with Gasteiger partial charge in [0.2, 0.25) is 0 Å². The van der Waals surface area contributed by atoms with Crippen LogP contribution in [0.3, 0.4) is 0 Å². The maximum absolute atomic E-state index is 12.7. The lowest BCUT2D eigenvalue weighted by molar-refractivity contribution is 0.430. The summed E-state index contributed by atoms with van der Waals surface area (Å²) in [5, 5.41) is 5.53. The van der Waals surface area contributed by atoms with Gasteiger partial charge in [0.15, 0.2) is 0 Å². The van der Waals surface area contributed by atoms with E-state index >= 15 is 0 Å². The molecule has 0 spiro atoms. The number of aryl methyl sites for hydroxylation is 4. The van der Waals surface area contributed by atoms with Crippen LogP contribution in [0.15, 0.2) is 48.9 Å². The van der Waals surface area contributed by atoms with Crippen LogP contribution < -0.4 is 4.72 Å². The minimum absolute atomic E-state index is 0.0929. The Morgan fingerprint density at radius 2 is 1.88 bits per heavy atom. The first-order valence-electron chi connectivity index (χ1n) is 7.63. The molecular formula is C17H17BrN2O3S2. The van der Waals surface area contributed by atoms with E-state index in [0.717, 1.165) is 12.0 Å². The molecule has 2 heterocycles. The number of nitrogens with zero attached hydrogens (tertiary/aromatic N) is 1. The van der Waals surface area contributed by atoms with Gasteiger partial charge in [-0.15, -0.1) is 11.3 Å². The molecule has 5 nitrogen and oxygen atoms in total. The van der Waals surface area contributed by atoms with Crippen molar-refractivity contribution in [2.45, 2.75) is 30.9 Å². The molecule has 1 N–H and O–H groups in total. The highest BCUT2D eigenvalue weighted by atomic mass is 79.9. The van der Waals surface area contributed by atoms with Gasteiger partial charge in [0.05, 0.1) is 5.69 Å². The first-order chi connectivity index (χ1) is 11.9. The third kappa shape index (κ3) is 4.13. The summed E-state index contributed by atoms with van der Waals surface area (Å²) in [6, 6.07) is 10.1. The molecule has 3 aromatic rings. The van der Waals surface area contributed by atoms with Gasteiger partial charge in [-0.25, -0.2) is 13.1 Å². The average molecular weight is 441 g/mol. The zero-order valence-electron chi connectivity index (χ0n) is 13.7. The van der Waals surface area contributed by atoms with Crippen LogP contribution in [0.4, 0.5) is 5.88 Å². The zero-order chi connectivity index (χ0) is 18.0. The molecule has 0 aliphatic carbocycles. The van der Waals surface area contributed by atoms with Crippen LogP contribution in [-0.2, 0) is 22.9 Å². The third-order valence-corrected chi connectivity index (χ3v) is 7.61. The molecule has 3 rings (SSSR count). The van der Waals surface area contributed by atoms with Crippen molar-refractivity contribution in [3.05, 3.63) is 62.6 Å². The lowest BCUT2D eigenvalue weighted by Gasteiger charge is -2.07. The molecule has 0 atom stereocenters. The van der Waals surface area contributed by atoms with Crippen LogP contribution in [-0.4, -0.2) is 13.6 Å². The Bertz CT molecular complexity index is 976. The summed E-state index contributed by atoms with van der Waals surface area (Å²) in [7, 11) is -3.72. The molecule has 25 heavy (non-hydrogen) atoms. The van der Waals surface area contributed by atoms with Crippen LogP contribution in [0.25, 0.3) is 0 Å². The average Bonchev–Trinajstić information content (AvgIpc) is 3.17. The number of aromatic nitrogens is 1. The van der Waals surface area contributed by atoms with Crippen molar-refractivity contribution in [1.82, 2.24) is 5.16 Å². The van der Waals surface area contributed by atoms with Gasteiger partial charge >= 0.3 is 0 Å². The number of thiophene rings is 1. The number of sulfonamides is 1. The number of rotatable bonds is 6. The van der Waals surface area contributed by atoms with Crippen molar-refractivity contribution in [1.29, 1.82) is 0 Å². The molecule has 0 saturated heterocycles. The minimum atomic E-state index is -3.72. The van der Waals surface area contributed by atoms with Gasteiger partial charge in [0, 0.05) is 0 Å². The summed E-state index contributed by atoms with van der Waals surface area (Å²) in [6.07, 6.45) is 1.43. The first-order valence-corrected chi connectivity index (χ1v) is 10.8. The van der Waals surface area contributed by atoms with Crippen molar-refractivity contribution in [2.75, 3.05) is 4.72 Å². The maximum Gasteiger partial charge on any atom is 0.274 e. The second-order valence-corrected chi connectivity index (χ2v) is 9.32. The Kier molecular flexibility index (Phi) is 5.31. The summed E-state index contributed by atoms with van der Waals surface area (Å²) in [6.45, 7) is 3.77. The largest absolute Gasteiger partial charge is 0.336 e. The summed E-state index contributed by atoms with van der Waals surface area (Å²) >= 11 is 4.47. The van der Waals surface area contributed by atoms with Gasteiger partial charge in [-0.05, 0) is 65.2 Å². The van der Waals surface area contributed by atoms with Gasteiger partial charge in [0.1, 0.15) is 8.68 Å². The van der Waals surface area contributed by atoms with E-state index in [4.69, 9.17) is 4.52 Å². The molecule has 0 unspecified atom stereocenters. The predicted molar refractivity (Wildman–Crippen MR) is 103 cm³/mol. The third-order valence-electron chi connectivity index (χ3n) is 3.77. The highest BCUT2D eigenvalue weighted by Gasteiger charge is 2.23. The molecule has 8 heteroatoms. The fourth-order valence-corrected chi connectivity index (χ4v) is 5.21. The number of anilines is 1. The Labute approximate surface area is 159 Å². The lowest BCUT2D eigenvalue weighted by atomic mass is 10.1. The van der Waals surface area contributed by atoms with E-state index in [9.17, 15) is 8.42 Å². The van der Waals surface area contributed by atoms with Crippen LogP contribution >= 0.6 is 27.3 Å². The smallest absolute Gasteiger partial charge is 0.274 e. The van der Waals surface area contributed by atoms with E-state index in [1.807, 2.05) is 13.0 Å². The maximum atomic E-state index is 12.7. The van der Waals surface area contributed by atoms with Crippen molar-refractivity contribution >= 4 is 43.2 Å². The monoisotopic (exact) mass is 440 g/mol. The van der Waals surface area contributed by atoms with Crippen LogP contribution in [0, 0.1) is 13.8 Å². The molecule has 0 aliphatic heterocycles. The van der Waals surface area contributed by atoms with Crippen molar-refractivity contribution in [2.24, 2.45) is 0 Å². The van der Waals surface area contributed by atoms with Crippen molar-refractivity contribution in [3.8, 4) is 0 Å². The molecule has 1 aromatic carbocycles. The Balaban J connectivity index is 1.78. The normalized spacial score (nSPS) is 11.6. The SMILES string of the molecule is Cc1ccc(CCc2ccsc2S(=O)(=O)Nc2onc(C)c2Br)cc1. The molecule has 0 bridgehead atoms. The summed E-state index contributed by atoms with van der Waals surface area (Å²) < 4.78 is 33.7. The van der Waals surface area contributed by atoms with Gasteiger partial charge in [-0.1, -0.05) is 35.0 Å². The van der Waals surface area contributed by atoms with Crippen LogP contribution in [0.5, 0.6) is 0 Å². The van der Waals surface area contributed by atoms with E-state index in [-0.39, 0.29) is 5.88 Å². The Morgan fingerprint density at radius 1 is 1.16 bits per heavy atom. The molecular weight excluding hydrogens is 424 g/mol. The fraction of sp³-hybridized carbons (Fsp3) is 0.235. The van der Waals surface area contributed by atoms with E-state index < -0.39 is 10.0 Å². The number of hydrogen-bond donors (Lipinski definition) is 1. The Morgan fingerprint density at radius 3 is 2.52 bits per heavy atom. The molecule has 0 aliphatic rings. The number of benzene rings is 1. The Hall–Kier alpha value is -1.64. The van der Waals surface area contributed by atoms with Crippen molar-refractivity contribution < 1.29 is 12.9 Å². The van der Waals surface area contributed by atoms with Gasteiger partial charge in [-0.2, -0.15) is 0 Å². The first kappa shape index (κ1) is 18.2. The highest BCUT2D eigenvalue weighted by molar-refractivity contribution is 9.10. The molecule has 0 saturated carbocycles. The van der Waals surface area contributed by atoms with Crippen molar-refractivity contribution in [3.63, 3.8) is 0 Å². The van der Waals surface area contributed by atoms with Crippen LogP contribution in [0.1, 0.15) is 22.4 Å². The molecule has 0 radical (unpaired) electrons. The molecule has 0 fully saturated rings. The number of halogens is 1. The van der Waals surface area contributed by atoms with Crippen LogP contribution in [0.2, 0.25) is 0 Å². The number of hydrogen-bond acceptors (Lipinski definition) is 5. The van der Waals surface area contributed by atoms with E-state index in [2.05, 4.69) is 50.1 Å². The fourth-order valence-electron chi connectivity index (χ4n) is 2.37. The van der Waals surface area contributed by atoms with Gasteiger partial charge < -0.3 is 4.52 Å². The summed E-state index contributed by atoms with van der Waals surface area (Å²) in [4.78, 5) is 0. The number of nitrogens with one attached hydrogen (secondary N) is 1. The quantitative estimate of drug-likeness (QED) is 0.602. The standard InChI is InChI=1S/C17H17BrN2O3S2/c1-11-3-5-13(6-4-11)7-8-14-9-10-24-17(14)25(21,22)20-16-15(18)12(2)19-23-16/h3-6,9-10,20H,7-8H2,1-2H3. The second kappa shape index (κ2) is 7.31.